The molecule has 0 unspecified atom stereocenters. The van der Waals surface area contributed by atoms with E-state index < -0.39 is 7.60 Å². The van der Waals surface area contributed by atoms with E-state index >= 15 is 0 Å². The number of hydrogen-bond acceptors (Lipinski definition) is 5. The molecule has 0 saturated carbocycles. The average molecular weight is 274 g/mol. The minimum absolute atomic E-state index is 0.0929. The van der Waals surface area contributed by atoms with Crippen molar-refractivity contribution in [1.82, 2.24) is 0 Å². The molecule has 6 heteroatoms. The van der Waals surface area contributed by atoms with Gasteiger partial charge >= 0.3 is 7.60 Å². The van der Waals surface area contributed by atoms with Gasteiger partial charge in [-0.05, 0) is 31.5 Å². The van der Waals surface area contributed by atoms with Gasteiger partial charge in [-0.3, -0.25) is 4.57 Å². The lowest BCUT2D eigenvalue weighted by Crippen LogP contribution is -2.03. The number of rotatable bonds is 8. The van der Waals surface area contributed by atoms with E-state index in [1.165, 1.54) is 0 Å². The topological polar surface area (TPSA) is 65.0 Å². The zero-order valence-electron chi connectivity index (χ0n) is 10.7. The lowest BCUT2D eigenvalue weighted by molar-refractivity contribution is 0.123. The van der Waals surface area contributed by atoms with Gasteiger partial charge in [-0.25, -0.2) is 0 Å². The fourth-order valence-corrected chi connectivity index (χ4v) is 2.75. The van der Waals surface area contributed by atoms with Crippen LogP contribution in [0.4, 0.5) is 0 Å². The Kier molecular flexibility index (Phi) is 6.36. The molecule has 0 aliphatic heterocycles. The first-order valence-corrected chi connectivity index (χ1v) is 7.56. The van der Waals surface area contributed by atoms with Crippen molar-refractivity contribution in [2.45, 2.75) is 20.5 Å². The highest BCUT2D eigenvalue weighted by Gasteiger charge is 2.23. The van der Waals surface area contributed by atoms with Gasteiger partial charge in [-0.2, -0.15) is 0 Å². The molecule has 1 rings (SSSR count). The maximum absolute atomic E-state index is 12.1. The second kappa shape index (κ2) is 7.54. The van der Waals surface area contributed by atoms with Gasteiger partial charge in [0.1, 0.15) is 12.1 Å². The molecule has 0 aromatic heterocycles. The summed E-state index contributed by atoms with van der Waals surface area (Å²) in [6.45, 7) is 4.37. The van der Waals surface area contributed by atoms with Crippen LogP contribution in [0.1, 0.15) is 19.4 Å². The molecule has 1 aromatic carbocycles. The van der Waals surface area contributed by atoms with Crippen LogP contribution in [0.3, 0.4) is 0 Å². The largest absolute Gasteiger partial charge is 0.508 e. The Morgan fingerprint density at radius 3 is 2.44 bits per heavy atom. The van der Waals surface area contributed by atoms with E-state index in [2.05, 4.69) is 0 Å². The van der Waals surface area contributed by atoms with E-state index in [0.717, 1.165) is 5.56 Å². The predicted molar refractivity (Wildman–Crippen MR) is 68.6 cm³/mol. The van der Waals surface area contributed by atoms with Gasteiger partial charge in [-0.15, -0.1) is 0 Å². The summed E-state index contributed by atoms with van der Waals surface area (Å²) in [6.07, 6.45) is -0.0929. The summed E-state index contributed by atoms with van der Waals surface area (Å²) >= 11 is 0. The molecule has 1 aromatic rings. The summed E-state index contributed by atoms with van der Waals surface area (Å²) in [5, 5.41) is 9.28. The third-order valence-electron chi connectivity index (χ3n) is 2.08. The van der Waals surface area contributed by atoms with Gasteiger partial charge in [0.2, 0.25) is 0 Å². The third-order valence-corrected chi connectivity index (χ3v) is 3.88. The van der Waals surface area contributed by atoms with Crippen molar-refractivity contribution in [1.29, 1.82) is 0 Å². The molecule has 0 heterocycles. The van der Waals surface area contributed by atoms with Gasteiger partial charge < -0.3 is 18.9 Å². The standard InChI is InChI=1S/C12H19O5P/c1-3-16-18(14,17-4-2)10-15-9-11-6-5-7-12(13)8-11/h5-8,13H,3-4,9-10H2,1-2H3. The Balaban J connectivity index is 2.46. The molecule has 0 fully saturated rings. The van der Waals surface area contributed by atoms with Crippen LogP contribution in [-0.2, 0) is 25.0 Å². The third kappa shape index (κ3) is 5.19. The van der Waals surface area contributed by atoms with Gasteiger partial charge in [0, 0.05) is 0 Å². The quantitative estimate of drug-likeness (QED) is 0.738. The number of phenols is 1. The van der Waals surface area contributed by atoms with Crippen molar-refractivity contribution in [2.24, 2.45) is 0 Å². The van der Waals surface area contributed by atoms with Crippen LogP contribution in [0, 0.1) is 0 Å². The Hall–Kier alpha value is -0.870. The summed E-state index contributed by atoms with van der Waals surface area (Å²) in [4.78, 5) is 0. The van der Waals surface area contributed by atoms with Crippen LogP contribution in [0.15, 0.2) is 24.3 Å². The lowest BCUT2D eigenvalue weighted by Gasteiger charge is -2.16. The zero-order valence-corrected chi connectivity index (χ0v) is 11.6. The maximum Gasteiger partial charge on any atom is 0.356 e. The number of hydrogen-bond donors (Lipinski definition) is 1. The number of phenolic OH excluding ortho intramolecular Hbond substituents is 1. The predicted octanol–water partition coefficient (Wildman–Crippen LogP) is 3.13. The second-order valence-electron chi connectivity index (χ2n) is 3.59. The smallest absolute Gasteiger partial charge is 0.356 e. The summed E-state index contributed by atoms with van der Waals surface area (Å²) in [7, 11) is -3.15. The first kappa shape index (κ1) is 15.2. The SMILES string of the molecule is CCOP(=O)(COCc1cccc(O)c1)OCC. The fourth-order valence-electron chi connectivity index (χ4n) is 1.43. The van der Waals surface area contributed by atoms with Crippen LogP contribution in [0.25, 0.3) is 0 Å². The average Bonchev–Trinajstić information content (AvgIpc) is 2.29. The summed E-state index contributed by atoms with van der Waals surface area (Å²) < 4.78 is 27.6. The normalized spacial score (nSPS) is 11.7. The summed E-state index contributed by atoms with van der Waals surface area (Å²) in [5.41, 5.74) is 0.801. The van der Waals surface area contributed by atoms with Gasteiger partial charge in [0.05, 0.1) is 19.8 Å². The molecule has 18 heavy (non-hydrogen) atoms. The van der Waals surface area contributed by atoms with E-state index in [1.54, 1.807) is 32.0 Å². The number of ether oxygens (including phenoxy) is 1. The molecule has 0 aliphatic carbocycles. The van der Waals surface area contributed by atoms with Crippen LogP contribution >= 0.6 is 7.60 Å². The van der Waals surface area contributed by atoms with Crippen molar-refractivity contribution >= 4 is 7.60 Å². The fraction of sp³-hybridized carbons (Fsp3) is 0.500. The van der Waals surface area contributed by atoms with E-state index in [4.69, 9.17) is 13.8 Å². The van der Waals surface area contributed by atoms with Crippen molar-refractivity contribution in [3.05, 3.63) is 29.8 Å². The summed E-state index contributed by atoms with van der Waals surface area (Å²) in [5.74, 6) is 0.175. The molecule has 0 bridgehead atoms. The van der Waals surface area contributed by atoms with Crippen LogP contribution in [-0.4, -0.2) is 24.7 Å². The van der Waals surface area contributed by atoms with Crippen molar-refractivity contribution in [2.75, 3.05) is 19.6 Å². The highest BCUT2D eigenvalue weighted by atomic mass is 31.2. The van der Waals surface area contributed by atoms with Crippen LogP contribution in [0.2, 0.25) is 0 Å². The van der Waals surface area contributed by atoms with Crippen LogP contribution < -0.4 is 0 Å². The van der Waals surface area contributed by atoms with Gasteiger partial charge in [0.15, 0.2) is 0 Å². The molecule has 102 valence electrons. The Labute approximate surface area is 107 Å². The second-order valence-corrected chi connectivity index (χ2v) is 5.59. The molecule has 0 radical (unpaired) electrons. The van der Waals surface area contributed by atoms with Crippen molar-refractivity contribution in [3.8, 4) is 5.75 Å². The van der Waals surface area contributed by atoms with Crippen LogP contribution in [0.5, 0.6) is 5.75 Å². The molecule has 1 N–H and O–H groups in total. The monoisotopic (exact) mass is 274 g/mol. The number of aromatic hydroxyl groups is 1. The maximum atomic E-state index is 12.1. The highest BCUT2D eigenvalue weighted by Crippen LogP contribution is 2.47. The Morgan fingerprint density at radius 2 is 1.89 bits per heavy atom. The molecular weight excluding hydrogens is 255 g/mol. The molecule has 0 amide bonds. The molecule has 0 aliphatic rings. The van der Waals surface area contributed by atoms with Gasteiger partial charge in [-0.1, -0.05) is 12.1 Å². The zero-order chi connectivity index (χ0) is 13.4. The highest BCUT2D eigenvalue weighted by molar-refractivity contribution is 7.53. The lowest BCUT2D eigenvalue weighted by atomic mass is 10.2. The molecular formula is C12H19O5P. The molecule has 0 spiro atoms. The van der Waals surface area contributed by atoms with Crippen molar-refractivity contribution in [3.63, 3.8) is 0 Å². The minimum atomic E-state index is -3.15. The summed E-state index contributed by atoms with van der Waals surface area (Å²) in [6, 6.07) is 6.70. The van der Waals surface area contributed by atoms with E-state index in [9.17, 15) is 9.67 Å². The van der Waals surface area contributed by atoms with E-state index in [1.807, 2.05) is 6.07 Å². The first-order valence-electron chi connectivity index (χ1n) is 5.83. The molecule has 0 atom stereocenters. The van der Waals surface area contributed by atoms with E-state index in [0.29, 0.717) is 13.2 Å². The Bertz CT molecular complexity index is 397. The minimum Gasteiger partial charge on any atom is -0.508 e. The van der Waals surface area contributed by atoms with Gasteiger partial charge in [0.25, 0.3) is 0 Å². The molecule has 0 saturated heterocycles. The number of benzene rings is 1. The van der Waals surface area contributed by atoms with Crippen molar-refractivity contribution < 1.29 is 23.5 Å². The first-order chi connectivity index (χ1) is 8.59. The Morgan fingerprint density at radius 1 is 1.22 bits per heavy atom. The van der Waals surface area contributed by atoms with E-state index in [-0.39, 0.29) is 18.7 Å². The molecule has 5 nitrogen and oxygen atoms in total.